The zero-order valence-corrected chi connectivity index (χ0v) is 21.2. The van der Waals surface area contributed by atoms with Crippen LogP contribution in [0.1, 0.15) is 38.1 Å². The van der Waals surface area contributed by atoms with Gasteiger partial charge in [-0.1, -0.05) is 12.1 Å². The fourth-order valence-electron chi connectivity index (χ4n) is 5.00. The first-order valence-corrected chi connectivity index (χ1v) is 12.1. The number of carbonyl (C=O) groups excluding carboxylic acids is 1. The van der Waals surface area contributed by atoms with Crippen LogP contribution in [0.25, 0.3) is 22.3 Å². The fourth-order valence-corrected chi connectivity index (χ4v) is 5.00. The van der Waals surface area contributed by atoms with Crippen molar-refractivity contribution < 1.29 is 9.18 Å². The Kier molecular flexibility index (Phi) is 5.89. The molecular weight excluding hydrogens is 459 g/mol. The third-order valence-electron chi connectivity index (χ3n) is 6.86. The molecule has 9 nitrogen and oxygen atoms in total. The van der Waals surface area contributed by atoms with Gasteiger partial charge < -0.3 is 20.1 Å². The van der Waals surface area contributed by atoms with Crippen LogP contribution in [0, 0.1) is 12.7 Å². The molecule has 1 saturated heterocycles. The molecule has 1 aliphatic rings. The van der Waals surface area contributed by atoms with Gasteiger partial charge in [0, 0.05) is 38.4 Å². The molecule has 0 saturated carbocycles. The SMILES string of the molecule is Cc1nn(C)cc1-c1cc2c(N3CCN(C(=O)N[C@@H](C)c4ccc(F)cc4)C(C)(C)C3)ncnc2[nH]1. The van der Waals surface area contributed by atoms with Gasteiger partial charge in [0.2, 0.25) is 0 Å². The molecule has 10 heteroatoms. The number of aromatic amines is 1. The van der Waals surface area contributed by atoms with E-state index in [1.165, 1.54) is 12.1 Å². The Morgan fingerprint density at radius 3 is 2.61 bits per heavy atom. The molecule has 0 aliphatic carbocycles. The maximum absolute atomic E-state index is 13.3. The number of rotatable bonds is 4. The van der Waals surface area contributed by atoms with E-state index in [0.29, 0.717) is 19.6 Å². The average molecular weight is 491 g/mol. The first-order valence-electron chi connectivity index (χ1n) is 12.1. The smallest absolute Gasteiger partial charge is 0.318 e. The molecule has 0 bridgehead atoms. The summed E-state index contributed by atoms with van der Waals surface area (Å²) in [7, 11) is 1.91. The Labute approximate surface area is 209 Å². The van der Waals surface area contributed by atoms with E-state index < -0.39 is 5.54 Å². The number of H-pyrrole nitrogens is 1. The molecule has 0 unspecified atom stereocenters. The van der Waals surface area contributed by atoms with Crippen molar-refractivity contribution >= 4 is 22.9 Å². The summed E-state index contributed by atoms with van der Waals surface area (Å²) in [6.45, 7) is 9.79. The number of piperazine rings is 1. The summed E-state index contributed by atoms with van der Waals surface area (Å²) in [6.07, 6.45) is 3.56. The number of hydrogen-bond acceptors (Lipinski definition) is 5. The van der Waals surface area contributed by atoms with Crippen LogP contribution in [-0.4, -0.2) is 60.8 Å². The number of nitrogens with one attached hydrogen (secondary N) is 2. The van der Waals surface area contributed by atoms with Crippen LogP contribution in [0.15, 0.2) is 42.9 Å². The highest BCUT2D eigenvalue weighted by molar-refractivity contribution is 5.92. The normalized spacial score (nSPS) is 16.4. The van der Waals surface area contributed by atoms with Crippen molar-refractivity contribution in [3.8, 4) is 11.3 Å². The fraction of sp³-hybridized carbons (Fsp3) is 0.385. The van der Waals surface area contributed by atoms with Gasteiger partial charge in [0.25, 0.3) is 0 Å². The van der Waals surface area contributed by atoms with E-state index in [2.05, 4.69) is 50.2 Å². The summed E-state index contributed by atoms with van der Waals surface area (Å²) in [6, 6.07) is 7.91. The lowest BCUT2D eigenvalue weighted by molar-refractivity contribution is 0.121. The Morgan fingerprint density at radius 1 is 1.19 bits per heavy atom. The van der Waals surface area contributed by atoms with Gasteiger partial charge in [-0.25, -0.2) is 19.2 Å². The van der Waals surface area contributed by atoms with Crippen LogP contribution in [0.5, 0.6) is 0 Å². The molecule has 4 aromatic rings. The Bertz CT molecular complexity index is 1410. The van der Waals surface area contributed by atoms with Gasteiger partial charge in [0.05, 0.1) is 28.4 Å². The number of halogens is 1. The molecule has 36 heavy (non-hydrogen) atoms. The van der Waals surface area contributed by atoms with Crippen LogP contribution in [0.2, 0.25) is 0 Å². The van der Waals surface area contributed by atoms with Crippen molar-refractivity contribution in [2.75, 3.05) is 24.5 Å². The van der Waals surface area contributed by atoms with Crippen molar-refractivity contribution in [3.05, 3.63) is 59.9 Å². The molecule has 4 heterocycles. The van der Waals surface area contributed by atoms with Crippen molar-refractivity contribution in [1.29, 1.82) is 0 Å². The highest BCUT2D eigenvalue weighted by Crippen LogP contribution is 2.32. The van der Waals surface area contributed by atoms with Crippen LogP contribution in [0.3, 0.4) is 0 Å². The first kappa shape index (κ1) is 23.8. The highest BCUT2D eigenvalue weighted by atomic mass is 19.1. The number of urea groups is 1. The summed E-state index contributed by atoms with van der Waals surface area (Å²) in [4.78, 5) is 29.7. The summed E-state index contributed by atoms with van der Waals surface area (Å²) in [5.41, 5.74) is 4.10. The molecule has 5 rings (SSSR count). The van der Waals surface area contributed by atoms with Crippen LogP contribution in [-0.2, 0) is 7.05 Å². The summed E-state index contributed by atoms with van der Waals surface area (Å²) in [5, 5.41) is 8.45. The lowest BCUT2D eigenvalue weighted by atomic mass is 9.98. The quantitative estimate of drug-likeness (QED) is 0.448. The molecule has 2 amide bonds. The molecule has 3 aromatic heterocycles. The van der Waals surface area contributed by atoms with Gasteiger partial charge in [0.15, 0.2) is 0 Å². The molecule has 0 spiro atoms. The Morgan fingerprint density at radius 2 is 1.94 bits per heavy atom. The number of anilines is 1. The van der Waals surface area contributed by atoms with E-state index in [4.69, 9.17) is 0 Å². The number of aromatic nitrogens is 5. The molecule has 1 aromatic carbocycles. The van der Waals surface area contributed by atoms with Gasteiger partial charge in [-0.15, -0.1) is 0 Å². The molecule has 1 fully saturated rings. The minimum Gasteiger partial charge on any atom is -0.352 e. The number of hydrogen-bond donors (Lipinski definition) is 2. The number of benzene rings is 1. The van der Waals surface area contributed by atoms with Gasteiger partial charge in [-0.3, -0.25) is 4.68 Å². The van der Waals surface area contributed by atoms with Crippen molar-refractivity contribution in [2.24, 2.45) is 7.05 Å². The second-order valence-corrected chi connectivity index (χ2v) is 10.1. The topological polar surface area (TPSA) is 95.0 Å². The maximum Gasteiger partial charge on any atom is 0.318 e. The summed E-state index contributed by atoms with van der Waals surface area (Å²) < 4.78 is 15.1. The highest BCUT2D eigenvalue weighted by Gasteiger charge is 2.38. The van der Waals surface area contributed by atoms with Gasteiger partial charge >= 0.3 is 6.03 Å². The zero-order valence-electron chi connectivity index (χ0n) is 21.2. The Hall–Kier alpha value is -3.95. The minimum atomic E-state index is -0.443. The largest absolute Gasteiger partial charge is 0.352 e. The van der Waals surface area contributed by atoms with E-state index in [9.17, 15) is 9.18 Å². The van der Waals surface area contributed by atoms with E-state index in [-0.39, 0.29) is 17.9 Å². The van der Waals surface area contributed by atoms with Crippen LogP contribution < -0.4 is 10.2 Å². The van der Waals surface area contributed by atoms with Gasteiger partial charge in [-0.2, -0.15) is 5.10 Å². The van der Waals surface area contributed by atoms with Crippen molar-refractivity contribution in [3.63, 3.8) is 0 Å². The van der Waals surface area contributed by atoms with E-state index in [1.807, 2.05) is 32.0 Å². The zero-order chi connectivity index (χ0) is 25.6. The lowest BCUT2D eigenvalue weighted by Crippen LogP contribution is -2.63. The molecule has 0 radical (unpaired) electrons. The maximum atomic E-state index is 13.3. The number of nitrogens with zero attached hydrogens (tertiary/aromatic N) is 6. The summed E-state index contributed by atoms with van der Waals surface area (Å²) in [5.74, 6) is 0.551. The molecule has 1 atom stereocenters. The predicted molar refractivity (Wildman–Crippen MR) is 137 cm³/mol. The number of amides is 2. The van der Waals surface area contributed by atoms with E-state index >= 15 is 0 Å². The molecule has 1 aliphatic heterocycles. The van der Waals surface area contributed by atoms with Crippen LogP contribution >= 0.6 is 0 Å². The van der Waals surface area contributed by atoms with E-state index in [1.54, 1.807) is 23.1 Å². The average Bonchev–Trinajstić information content (AvgIpc) is 3.40. The van der Waals surface area contributed by atoms with Crippen molar-refractivity contribution in [1.82, 2.24) is 34.9 Å². The minimum absolute atomic E-state index is 0.139. The number of fused-ring (bicyclic) bond motifs is 1. The number of aryl methyl sites for hydroxylation is 2. The van der Waals surface area contributed by atoms with Gasteiger partial charge in [-0.05, 0) is 51.5 Å². The Balaban J connectivity index is 1.34. The molecule has 2 N–H and O–H groups in total. The second kappa shape index (κ2) is 8.92. The van der Waals surface area contributed by atoms with Crippen molar-refractivity contribution in [2.45, 2.75) is 39.3 Å². The number of carbonyl (C=O) groups is 1. The molecule has 188 valence electrons. The predicted octanol–water partition coefficient (Wildman–Crippen LogP) is 4.18. The van der Waals surface area contributed by atoms with E-state index in [0.717, 1.165) is 39.4 Å². The standard InChI is InChI=1S/C26H31FN8O/c1-16(18-6-8-19(27)9-7-18)30-25(36)35-11-10-34(14-26(35,3)4)24-20-12-22(31-23(20)28-15-29-24)21-13-33(5)32-17(21)2/h6-9,12-13,15-16H,10-11,14H2,1-5H3,(H,30,36)(H,28,29,31)/t16-/m0/s1. The van der Waals surface area contributed by atoms with Crippen LogP contribution in [0.4, 0.5) is 15.0 Å². The summed E-state index contributed by atoms with van der Waals surface area (Å²) >= 11 is 0. The lowest BCUT2D eigenvalue weighted by Gasteiger charge is -2.47. The monoisotopic (exact) mass is 490 g/mol. The second-order valence-electron chi connectivity index (χ2n) is 10.1. The third kappa shape index (κ3) is 4.38. The third-order valence-corrected chi connectivity index (χ3v) is 6.86. The van der Waals surface area contributed by atoms with Gasteiger partial charge in [0.1, 0.15) is 23.6 Å². The molecular formula is C26H31FN8O. The first-order chi connectivity index (χ1) is 17.1.